The first-order chi connectivity index (χ1) is 16.7. The molecule has 0 saturated heterocycles. The number of aromatic hydroxyl groups is 1. The number of hydrogen-bond donors (Lipinski definition) is 3. The zero-order valence-electron chi connectivity index (χ0n) is 17.9. The molecule has 194 valence electrons. The van der Waals surface area contributed by atoms with Crippen molar-refractivity contribution < 1.29 is 44.7 Å². The van der Waals surface area contributed by atoms with Crippen molar-refractivity contribution in [3.05, 3.63) is 70.7 Å². The molecule has 1 aromatic heterocycles. The summed E-state index contributed by atoms with van der Waals surface area (Å²) in [6.45, 7) is -0.517. The molecule has 3 rings (SSSR count). The number of nitrogens with one attached hydrogen (secondary N) is 2. The standard InChI is InChI=1S/C21H17F6N3O4S2/c22-20(23,24)17-10-35-19(30-17)29-14-7-5-12(6-8-14)13(11-36(33,34)21(25,26)27)9-28-18(32)15-3-1-2-4-16(15)31/h1-8,10,13,31H,9,11H2,(H,28,32)(H,29,30). The summed E-state index contributed by atoms with van der Waals surface area (Å²) in [6, 6.07) is 10.6. The molecule has 1 atom stereocenters. The maximum Gasteiger partial charge on any atom is 0.497 e. The molecule has 7 nitrogen and oxygen atoms in total. The third-order valence-corrected chi connectivity index (χ3v) is 7.16. The van der Waals surface area contributed by atoms with Crippen molar-refractivity contribution >= 4 is 37.9 Å². The van der Waals surface area contributed by atoms with Gasteiger partial charge < -0.3 is 15.7 Å². The number of sulfone groups is 1. The summed E-state index contributed by atoms with van der Waals surface area (Å²) in [6.07, 6.45) is -4.63. The van der Waals surface area contributed by atoms with Crippen molar-refractivity contribution in [1.29, 1.82) is 0 Å². The van der Waals surface area contributed by atoms with Gasteiger partial charge in [-0.2, -0.15) is 26.3 Å². The second-order valence-corrected chi connectivity index (χ2v) is 10.3. The second-order valence-electron chi connectivity index (χ2n) is 7.43. The van der Waals surface area contributed by atoms with Crippen LogP contribution in [0, 0.1) is 0 Å². The summed E-state index contributed by atoms with van der Waals surface area (Å²) >= 11 is 0.688. The molecule has 36 heavy (non-hydrogen) atoms. The first-order valence-electron chi connectivity index (χ1n) is 9.92. The fourth-order valence-electron chi connectivity index (χ4n) is 3.03. The number of carbonyl (C=O) groups is 1. The van der Waals surface area contributed by atoms with Crippen LogP contribution in [-0.4, -0.2) is 42.2 Å². The van der Waals surface area contributed by atoms with Gasteiger partial charge in [-0.15, -0.1) is 11.3 Å². The van der Waals surface area contributed by atoms with Crippen molar-refractivity contribution in [2.75, 3.05) is 17.6 Å². The van der Waals surface area contributed by atoms with E-state index in [9.17, 15) is 44.7 Å². The van der Waals surface area contributed by atoms with Gasteiger partial charge in [-0.05, 0) is 29.8 Å². The molecule has 15 heteroatoms. The van der Waals surface area contributed by atoms with Gasteiger partial charge in [0, 0.05) is 23.5 Å². The largest absolute Gasteiger partial charge is 0.507 e. The van der Waals surface area contributed by atoms with Crippen molar-refractivity contribution in [3.8, 4) is 5.75 Å². The van der Waals surface area contributed by atoms with Gasteiger partial charge in [-0.1, -0.05) is 24.3 Å². The first kappa shape index (κ1) is 27.3. The minimum absolute atomic E-state index is 0.0822. The van der Waals surface area contributed by atoms with Crippen molar-refractivity contribution in [1.82, 2.24) is 10.3 Å². The van der Waals surface area contributed by atoms with E-state index in [0.717, 1.165) is 5.38 Å². The summed E-state index contributed by atoms with van der Waals surface area (Å²) in [4.78, 5) is 15.8. The Morgan fingerprint density at radius 2 is 1.67 bits per heavy atom. The van der Waals surface area contributed by atoms with Crippen molar-refractivity contribution in [3.63, 3.8) is 0 Å². The predicted molar refractivity (Wildman–Crippen MR) is 120 cm³/mol. The molecule has 1 heterocycles. The Morgan fingerprint density at radius 3 is 2.22 bits per heavy atom. The van der Waals surface area contributed by atoms with Crippen molar-refractivity contribution in [2.45, 2.75) is 17.6 Å². The molecular formula is C21H17F6N3O4S2. The van der Waals surface area contributed by atoms with Crippen LogP contribution in [-0.2, 0) is 16.0 Å². The van der Waals surface area contributed by atoms with Gasteiger partial charge in [0.05, 0.1) is 11.3 Å². The highest BCUT2D eigenvalue weighted by atomic mass is 32.2. The molecular weight excluding hydrogens is 536 g/mol. The molecule has 3 N–H and O–H groups in total. The fraction of sp³-hybridized carbons (Fsp3) is 0.238. The number of carbonyl (C=O) groups excluding carboxylic acids is 1. The molecule has 3 aromatic rings. The number of phenolic OH excluding ortho intramolecular Hbond substituents is 1. The van der Waals surface area contributed by atoms with Crippen LogP contribution in [0.3, 0.4) is 0 Å². The molecule has 0 spiro atoms. The van der Waals surface area contributed by atoms with Crippen LogP contribution in [0.2, 0.25) is 0 Å². The van der Waals surface area contributed by atoms with Crippen LogP contribution in [0.1, 0.15) is 27.5 Å². The minimum Gasteiger partial charge on any atom is -0.507 e. The Kier molecular flexibility index (Phi) is 7.83. The number of para-hydroxylation sites is 1. The Hall–Kier alpha value is -3.33. The number of alkyl halides is 6. The monoisotopic (exact) mass is 553 g/mol. The maximum absolute atomic E-state index is 13.0. The second kappa shape index (κ2) is 10.3. The quantitative estimate of drug-likeness (QED) is 0.337. The number of phenols is 1. The van der Waals surface area contributed by atoms with Crippen LogP contribution in [0.25, 0.3) is 0 Å². The highest BCUT2D eigenvalue weighted by molar-refractivity contribution is 7.92. The predicted octanol–water partition coefficient (Wildman–Crippen LogP) is 5.06. The van der Waals surface area contributed by atoms with Crippen LogP contribution in [0.5, 0.6) is 5.75 Å². The van der Waals surface area contributed by atoms with Gasteiger partial charge in [-0.25, -0.2) is 13.4 Å². The normalized spacial score (nSPS) is 13.3. The number of anilines is 2. The molecule has 1 unspecified atom stereocenters. The summed E-state index contributed by atoms with van der Waals surface area (Å²) < 4.78 is 101. The zero-order chi connectivity index (χ0) is 26.7. The number of nitrogens with zero attached hydrogens (tertiary/aromatic N) is 1. The molecule has 1 amide bonds. The number of thiazole rings is 1. The Balaban J connectivity index is 1.80. The topological polar surface area (TPSA) is 108 Å². The number of halogens is 6. The van der Waals surface area contributed by atoms with Gasteiger partial charge >= 0.3 is 11.7 Å². The van der Waals surface area contributed by atoms with E-state index in [0.29, 0.717) is 11.3 Å². The third kappa shape index (κ3) is 6.66. The Morgan fingerprint density at radius 1 is 1.03 bits per heavy atom. The highest BCUT2D eigenvalue weighted by Crippen LogP contribution is 2.33. The van der Waals surface area contributed by atoms with Gasteiger partial charge in [0.15, 0.2) is 10.8 Å². The van der Waals surface area contributed by atoms with Crippen molar-refractivity contribution in [2.24, 2.45) is 0 Å². The lowest BCUT2D eigenvalue weighted by Crippen LogP contribution is -2.35. The number of amides is 1. The average Bonchev–Trinajstić information content (AvgIpc) is 3.25. The lowest BCUT2D eigenvalue weighted by atomic mass is 10.0. The van der Waals surface area contributed by atoms with E-state index in [2.05, 4.69) is 15.6 Å². The highest BCUT2D eigenvalue weighted by Gasteiger charge is 2.46. The number of rotatable bonds is 8. The summed E-state index contributed by atoms with van der Waals surface area (Å²) in [7, 11) is -5.57. The molecule has 0 aliphatic rings. The van der Waals surface area contributed by atoms with Gasteiger partial charge in [-0.3, -0.25) is 4.79 Å². The SMILES string of the molecule is O=C(NCC(CS(=O)(=O)C(F)(F)F)c1ccc(Nc2nc(C(F)(F)F)cs2)cc1)c1ccccc1O. The lowest BCUT2D eigenvalue weighted by molar-refractivity contribution is -0.140. The molecule has 0 saturated carbocycles. The number of benzene rings is 2. The van der Waals surface area contributed by atoms with Crippen LogP contribution in [0.15, 0.2) is 53.9 Å². The molecule has 0 aliphatic carbocycles. The molecule has 0 aliphatic heterocycles. The maximum atomic E-state index is 13.0. The fourth-order valence-corrected chi connectivity index (χ4v) is 4.80. The minimum atomic E-state index is -5.57. The van der Waals surface area contributed by atoms with Gasteiger partial charge in [0.25, 0.3) is 5.91 Å². The molecule has 0 fully saturated rings. The summed E-state index contributed by atoms with van der Waals surface area (Å²) in [5.74, 6) is -3.91. The summed E-state index contributed by atoms with van der Waals surface area (Å²) in [5.41, 5.74) is -6.41. The number of aromatic nitrogens is 1. The molecule has 0 bridgehead atoms. The van der Waals surface area contributed by atoms with Gasteiger partial charge in [0.1, 0.15) is 5.75 Å². The van der Waals surface area contributed by atoms with E-state index in [1.165, 1.54) is 48.5 Å². The van der Waals surface area contributed by atoms with E-state index < -0.39 is 51.3 Å². The van der Waals surface area contributed by atoms with Crippen LogP contribution < -0.4 is 10.6 Å². The number of hydrogen-bond acceptors (Lipinski definition) is 7. The average molecular weight is 554 g/mol. The van der Waals surface area contributed by atoms with E-state index in [4.69, 9.17) is 0 Å². The molecule has 0 radical (unpaired) electrons. The van der Waals surface area contributed by atoms with E-state index in [-0.39, 0.29) is 27.7 Å². The Labute approximate surface area is 204 Å². The third-order valence-electron chi connectivity index (χ3n) is 4.86. The summed E-state index contributed by atoms with van der Waals surface area (Å²) in [5, 5.41) is 15.4. The first-order valence-corrected chi connectivity index (χ1v) is 12.5. The lowest BCUT2D eigenvalue weighted by Gasteiger charge is -2.20. The van der Waals surface area contributed by atoms with E-state index in [1.54, 1.807) is 0 Å². The van der Waals surface area contributed by atoms with Crippen LogP contribution in [0.4, 0.5) is 37.2 Å². The smallest absolute Gasteiger partial charge is 0.497 e. The van der Waals surface area contributed by atoms with E-state index >= 15 is 0 Å². The Bertz CT molecular complexity index is 1320. The van der Waals surface area contributed by atoms with Crippen LogP contribution >= 0.6 is 11.3 Å². The molecule has 2 aromatic carbocycles. The van der Waals surface area contributed by atoms with E-state index in [1.807, 2.05) is 0 Å². The van der Waals surface area contributed by atoms with Gasteiger partial charge in [0.2, 0.25) is 9.84 Å². The zero-order valence-corrected chi connectivity index (χ0v) is 19.5.